The van der Waals surface area contributed by atoms with Crippen LogP contribution in [0, 0.1) is 17.1 Å². The predicted molar refractivity (Wildman–Crippen MR) is 75.6 cm³/mol. The molecule has 3 nitrogen and oxygen atoms in total. The molecule has 0 amide bonds. The predicted octanol–water partition coefficient (Wildman–Crippen LogP) is 2.37. The molecule has 0 spiro atoms. The lowest BCUT2D eigenvalue weighted by molar-refractivity contribution is 0.213. The molecular weight excluding hydrogens is 253 g/mol. The van der Waals surface area contributed by atoms with Crippen molar-refractivity contribution < 1.29 is 4.39 Å². The SMILES string of the molecule is CN1C2CCC1CN(Cc1cccc(C#N)c1F)CC2. The molecule has 2 aliphatic heterocycles. The van der Waals surface area contributed by atoms with Crippen molar-refractivity contribution in [3.63, 3.8) is 0 Å². The van der Waals surface area contributed by atoms with Gasteiger partial charge in [0, 0.05) is 37.3 Å². The van der Waals surface area contributed by atoms with Crippen LogP contribution in [0.15, 0.2) is 18.2 Å². The Bertz CT molecular complexity index is 537. The molecule has 2 heterocycles. The van der Waals surface area contributed by atoms with Gasteiger partial charge < -0.3 is 0 Å². The summed E-state index contributed by atoms with van der Waals surface area (Å²) in [4.78, 5) is 4.82. The van der Waals surface area contributed by atoms with Crippen molar-refractivity contribution >= 4 is 0 Å². The molecule has 0 aliphatic carbocycles. The van der Waals surface area contributed by atoms with Gasteiger partial charge in [0.15, 0.2) is 0 Å². The van der Waals surface area contributed by atoms with Crippen molar-refractivity contribution in [1.82, 2.24) is 9.80 Å². The average molecular weight is 273 g/mol. The monoisotopic (exact) mass is 273 g/mol. The molecule has 20 heavy (non-hydrogen) atoms. The third-order valence-electron chi connectivity index (χ3n) is 4.83. The van der Waals surface area contributed by atoms with E-state index in [0.29, 0.717) is 24.2 Å². The molecule has 2 saturated heterocycles. The Morgan fingerprint density at radius 2 is 2.10 bits per heavy atom. The van der Waals surface area contributed by atoms with Crippen molar-refractivity contribution in [2.24, 2.45) is 0 Å². The maximum absolute atomic E-state index is 14.1. The molecule has 0 N–H and O–H groups in total. The van der Waals surface area contributed by atoms with Gasteiger partial charge in [-0.3, -0.25) is 9.80 Å². The number of likely N-dealkylation sites (N-methyl/N-ethyl adjacent to an activating group) is 1. The number of likely N-dealkylation sites (tertiary alicyclic amines) is 1. The standard InChI is InChI=1S/C16H20FN3/c1-19-14-5-6-15(19)11-20(8-7-14)10-13-4-2-3-12(9-18)16(13)17/h2-4,14-15H,5-8,10-11H2,1H3. The minimum absolute atomic E-state index is 0.149. The molecule has 2 atom stereocenters. The quantitative estimate of drug-likeness (QED) is 0.828. The zero-order valence-corrected chi connectivity index (χ0v) is 11.8. The third kappa shape index (κ3) is 2.44. The molecular formula is C16H20FN3. The van der Waals surface area contributed by atoms with Gasteiger partial charge in [-0.25, -0.2) is 4.39 Å². The van der Waals surface area contributed by atoms with Crippen LogP contribution in [0.4, 0.5) is 4.39 Å². The number of benzene rings is 1. The van der Waals surface area contributed by atoms with Gasteiger partial charge in [-0.05, 0) is 32.4 Å². The number of hydrogen-bond donors (Lipinski definition) is 0. The maximum atomic E-state index is 14.1. The average Bonchev–Trinajstić information content (AvgIpc) is 2.69. The molecule has 2 bridgehead atoms. The second-order valence-corrected chi connectivity index (χ2v) is 5.96. The molecule has 106 valence electrons. The molecule has 2 aliphatic rings. The third-order valence-corrected chi connectivity index (χ3v) is 4.83. The summed E-state index contributed by atoms with van der Waals surface area (Å²) in [6.45, 7) is 2.63. The second-order valence-electron chi connectivity index (χ2n) is 5.96. The lowest BCUT2D eigenvalue weighted by atomic mass is 10.1. The smallest absolute Gasteiger partial charge is 0.145 e. The van der Waals surface area contributed by atoms with E-state index in [1.54, 1.807) is 12.1 Å². The number of nitrogens with zero attached hydrogens (tertiary/aromatic N) is 3. The first-order chi connectivity index (χ1) is 9.69. The summed E-state index contributed by atoms with van der Waals surface area (Å²) in [6.07, 6.45) is 3.71. The maximum Gasteiger partial charge on any atom is 0.145 e. The topological polar surface area (TPSA) is 30.3 Å². The van der Waals surface area contributed by atoms with E-state index in [1.807, 2.05) is 6.07 Å². The van der Waals surface area contributed by atoms with Crippen LogP contribution in [0.5, 0.6) is 0 Å². The Kier molecular flexibility index (Phi) is 3.73. The first-order valence-electron chi connectivity index (χ1n) is 7.31. The van der Waals surface area contributed by atoms with Crippen LogP contribution in [0.25, 0.3) is 0 Å². The zero-order chi connectivity index (χ0) is 14.1. The van der Waals surface area contributed by atoms with Gasteiger partial charge in [-0.15, -0.1) is 0 Å². The molecule has 1 aromatic carbocycles. The van der Waals surface area contributed by atoms with Crippen molar-refractivity contribution in [3.8, 4) is 6.07 Å². The number of halogens is 1. The fourth-order valence-electron chi connectivity index (χ4n) is 3.55. The van der Waals surface area contributed by atoms with Crippen LogP contribution in [-0.2, 0) is 6.54 Å². The Balaban J connectivity index is 1.74. The van der Waals surface area contributed by atoms with Gasteiger partial charge in [0.25, 0.3) is 0 Å². The second kappa shape index (κ2) is 5.51. The van der Waals surface area contributed by atoms with E-state index >= 15 is 0 Å². The van der Waals surface area contributed by atoms with E-state index in [-0.39, 0.29) is 11.4 Å². The van der Waals surface area contributed by atoms with Crippen LogP contribution < -0.4 is 0 Å². The summed E-state index contributed by atoms with van der Waals surface area (Å²) in [6, 6.07) is 8.32. The highest BCUT2D eigenvalue weighted by Gasteiger charge is 2.34. The Hall–Kier alpha value is -1.44. The van der Waals surface area contributed by atoms with Crippen LogP contribution in [0.2, 0.25) is 0 Å². The molecule has 0 aromatic heterocycles. The molecule has 2 fully saturated rings. The van der Waals surface area contributed by atoms with Crippen LogP contribution in [0.3, 0.4) is 0 Å². The molecule has 1 aromatic rings. The van der Waals surface area contributed by atoms with E-state index in [4.69, 9.17) is 5.26 Å². The summed E-state index contributed by atoms with van der Waals surface area (Å²) >= 11 is 0. The van der Waals surface area contributed by atoms with Crippen LogP contribution in [-0.4, -0.2) is 42.0 Å². The van der Waals surface area contributed by atoms with Crippen molar-refractivity contribution in [3.05, 3.63) is 35.1 Å². The van der Waals surface area contributed by atoms with Gasteiger partial charge in [0.2, 0.25) is 0 Å². The van der Waals surface area contributed by atoms with Gasteiger partial charge in [-0.1, -0.05) is 12.1 Å². The van der Waals surface area contributed by atoms with E-state index in [1.165, 1.54) is 18.9 Å². The Labute approximate surface area is 119 Å². The fraction of sp³-hybridized carbons (Fsp3) is 0.562. The Morgan fingerprint density at radius 3 is 2.90 bits per heavy atom. The molecule has 0 saturated carbocycles. The number of hydrogen-bond acceptors (Lipinski definition) is 3. The normalized spacial score (nSPS) is 27.2. The first kappa shape index (κ1) is 13.5. The number of rotatable bonds is 2. The number of fused-ring (bicyclic) bond motifs is 2. The lowest BCUT2D eigenvalue weighted by Crippen LogP contribution is -2.36. The van der Waals surface area contributed by atoms with Crippen molar-refractivity contribution in [2.75, 3.05) is 20.1 Å². The molecule has 3 rings (SSSR count). The van der Waals surface area contributed by atoms with Crippen molar-refractivity contribution in [2.45, 2.75) is 37.9 Å². The van der Waals surface area contributed by atoms with Gasteiger partial charge >= 0.3 is 0 Å². The highest BCUT2D eigenvalue weighted by Crippen LogP contribution is 2.29. The van der Waals surface area contributed by atoms with Crippen LogP contribution >= 0.6 is 0 Å². The molecule has 2 unspecified atom stereocenters. The van der Waals surface area contributed by atoms with E-state index in [9.17, 15) is 4.39 Å². The van der Waals surface area contributed by atoms with Gasteiger partial charge in [-0.2, -0.15) is 5.26 Å². The zero-order valence-electron chi connectivity index (χ0n) is 11.8. The van der Waals surface area contributed by atoms with Crippen molar-refractivity contribution in [1.29, 1.82) is 5.26 Å². The van der Waals surface area contributed by atoms with Crippen LogP contribution in [0.1, 0.15) is 30.4 Å². The summed E-state index contributed by atoms with van der Waals surface area (Å²) in [7, 11) is 2.21. The highest BCUT2D eigenvalue weighted by molar-refractivity contribution is 5.34. The van der Waals surface area contributed by atoms with E-state index in [2.05, 4.69) is 16.8 Å². The number of nitriles is 1. The fourth-order valence-corrected chi connectivity index (χ4v) is 3.55. The first-order valence-corrected chi connectivity index (χ1v) is 7.31. The summed E-state index contributed by atoms with van der Waals surface area (Å²) in [5, 5.41) is 8.90. The Morgan fingerprint density at radius 1 is 1.30 bits per heavy atom. The van der Waals surface area contributed by atoms with E-state index < -0.39 is 0 Å². The summed E-state index contributed by atoms with van der Waals surface area (Å²) in [5.74, 6) is -0.349. The minimum Gasteiger partial charge on any atom is -0.299 e. The minimum atomic E-state index is -0.349. The summed E-state index contributed by atoms with van der Waals surface area (Å²) in [5.41, 5.74) is 0.792. The summed E-state index contributed by atoms with van der Waals surface area (Å²) < 4.78 is 14.1. The molecule has 4 heteroatoms. The largest absolute Gasteiger partial charge is 0.299 e. The molecule has 0 radical (unpaired) electrons. The lowest BCUT2D eigenvalue weighted by Gasteiger charge is -2.25. The van der Waals surface area contributed by atoms with Gasteiger partial charge in [0.1, 0.15) is 11.9 Å². The van der Waals surface area contributed by atoms with Gasteiger partial charge in [0.05, 0.1) is 5.56 Å². The van der Waals surface area contributed by atoms with E-state index in [0.717, 1.165) is 19.5 Å². The highest BCUT2D eigenvalue weighted by atomic mass is 19.1.